The number of aromatic nitrogens is 1. The minimum absolute atomic E-state index is 0.0913. The molecule has 0 spiro atoms. The highest BCUT2D eigenvalue weighted by Gasteiger charge is 2.25. The first kappa shape index (κ1) is 25.3. The zero-order valence-electron chi connectivity index (χ0n) is 21.6. The lowest BCUT2D eigenvalue weighted by Gasteiger charge is -2.27. The van der Waals surface area contributed by atoms with Crippen molar-refractivity contribution in [2.24, 2.45) is 5.10 Å². The fraction of sp³-hybridized carbons (Fsp3) is 0.379. The lowest BCUT2D eigenvalue weighted by molar-refractivity contribution is 0.0525. The smallest absolute Gasteiger partial charge is 0.340 e. The van der Waals surface area contributed by atoms with E-state index >= 15 is 0 Å². The normalized spacial score (nSPS) is 12.4. The highest BCUT2D eigenvalue weighted by Crippen LogP contribution is 2.37. The number of esters is 1. The van der Waals surface area contributed by atoms with Gasteiger partial charge < -0.3 is 9.84 Å². The summed E-state index contributed by atoms with van der Waals surface area (Å²) in [6, 6.07) is 15.7. The van der Waals surface area contributed by atoms with Crippen LogP contribution in [0.1, 0.15) is 81.2 Å². The third-order valence-electron chi connectivity index (χ3n) is 5.91. The summed E-state index contributed by atoms with van der Waals surface area (Å²) in [6.07, 6.45) is 1.67. The number of aromatic hydroxyl groups is 1. The first-order valence-electron chi connectivity index (χ1n) is 11.7. The Morgan fingerprint density at radius 3 is 2.24 bits per heavy atom. The Morgan fingerprint density at radius 1 is 1.03 bits per heavy atom. The maximum Gasteiger partial charge on any atom is 0.340 e. The number of nitrogens with zero attached hydrogens (tertiary/aromatic N) is 2. The molecular formula is C29H36N2O3. The van der Waals surface area contributed by atoms with Gasteiger partial charge in [0.05, 0.1) is 29.8 Å². The summed E-state index contributed by atoms with van der Waals surface area (Å²) in [5.74, 6) is -0.153. The first-order valence-corrected chi connectivity index (χ1v) is 11.7. The predicted molar refractivity (Wildman–Crippen MR) is 139 cm³/mol. The molecule has 3 aromatic rings. The van der Waals surface area contributed by atoms with Crippen molar-refractivity contribution in [2.75, 3.05) is 6.61 Å². The van der Waals surface area contributed by atoms with Crippen LogP contribution in [0.5, 0.6) is 5.75 Å². The highest BCUT2D eigenvalue weighted by atomic mass is 16.5. The Hall–Kier alpha value is -3.34. The molecule has 0 fully saturated rings. The van der Waals surface area contributed by atoms with E-state index in [0.29, 0.717) is 23.4 Å². The second-order valence-electron chi connectivity index (χ2n) is 10.6. The van der Waals surface area contributed by atoms with Gasteiger partial charge in [0, 0.05) is 16.7 Å². The summed E-state index contributed by atoms with van der Waals surface area (Å²) in [6.45, 7) is 16.7. The minimum Gasteiger partial charge on any atom is -0.507 e. The van der Waals surface area contributed by atoms with Gasteiger partial charge in [0.15, 0.2) is 0 Å². The van der Waals surface area contributed by atoms with E-state index in [1.165, 1.54) is 0 Å². The van der Waals surface area contributed by atoms with Crippen LogP contribution in [0.2, 0.25) is 0 Å². The third kappa shape index (κ3) is 5.24. The predicted octanol–water partition coefficient (Wildman–Crippen LogP) is 6.82. The largest absolute Gasteiger partial charge is 0.507 e. The molecule has 0 aliphatic rings. The van der Waals surface area contributed by atoms with Crippen LogP contribution in [0.15, 0.2) is 53.6 Å². The molecule has 3 rings (SSSR count). The molecule has 5 nitrogen and oxygen atoms in total. The SMILES string of the molecule is CCOC(=O)c1cc(-c2ccccc2)n(/N=C/c2cc(C(C)(C)C)cc(C(C)(C)C)c2O)c1C. The fourth-order valence-corrected chi connectivity index (χ4v) is 3.86. The standard InChI is InChI=1S/C29H36N2O3/c1-9-34-27(33)23-17-25(20-13-11-10-12-14-20)31(19(23)2)30-18-21-15-22(28(3,4)5)16-24(26(21)32)29(6,7)8/h10-18,32H,9H2,1-8H3/b30-18+. The molecule has 1 aromatic heterocycles. The van der Waals surface area contributed by atoms with E-state index in [9.17, 15) is 9.90 Å². The molecule has 0 bridgehead atoms. The molecule has 2 aromatic carbocycles. The van der Waals surface area contributed by atoms with Crippen LogP contribution in [-0.2, 0) is 15.6 Å². The monoisotopic (exact) mass is 460 g/mol. The quantitative estimate of drug-likeness (QED) is 0.335. The van der Waals surface area contributed by atoms with Gasteiger partial charge in [-0.05, 0) is 42.4 Å². The molecule has 0 atom stereocenters. The number of phenols is 1. The number of phenolic OH excluding ortho intramolecular Hbond substituents is 1. The molecular weight excluding hydrogens is 424 g/mol. The molecule has 0 aliphatic carbocycles. The van der Waals surface area contributed by atoms with E-state index in [-0.39, 0.29) is 22.5 Å². The van der Waals surface area contributed by atoms with E-state index in [0.717, 1.165) is 22.4 Å². The van der Waals surface area contributed by atoms with Gasteiger partial charge >= 0.3 is 5.97 Å². The molecule has 34 heavy (non-hydrogen) atoms. The zero-order chi connectivity index (χ0) is 25.3. The van der Waals surface area contributed by atoms with E-state index < -0.39 is 0 Å². The van der Waals surface area contributed by atoms with Gasteiger partial charge in [0.1, 0.15) is 5.75 Å². The van der Waals surface area contributed by atoms with Crippen LogP contribution in [0.4, 0.5) is 0 Å². The van der Waals surface area contributed by atoms with E-state index in [4.69, 9.17) is 9.84 Å². The van der Waals surface area contributed by atoms with Crippen molar-refractivity contribution in [3.63, 3.8) is 0 Å². The number of hydrogen-bond acceptors (Lipinski definition) is 4. The Kier molecular flexibility index (Phi) is 7.06. The van der Waals surface area contributed by atoms with Gasteiger partial charge in [-0.25, -0.2) is 9.47 Å². The molecule has 0 amide bonds. The van der Waals surface area contributed by atoms with Crippen LogP contribution >= 0.6 is 0 Å². The van der Waals surface area contributed by atoms with Crippen molar-refractivity contribution in [1.29, 1.82) is 0 Å². The Balaban J connectivity index is 2.20. The van der Waals surface area contributed by atoms with Gasteiger partial charge in [-0.15, -0.1) is 0 Å². The van der Waals surface area contributed by atoms with Crippen LogP contribution in [0, 0.1) is 6.92 Å². The van der Waals surface area contributed by atoms with Gasteiger partial charge in [-0.3, -0.25) is 0 Å². The van der Waals surface area contributed by atoms with Crippen molar-refractivity contribution < 1.29 is 14.6 Å². The van der Waals surface area contributed by atoms with Crippen molar-refractivity contribution in [3.05, 3.63) is 76.5 Å². The molecule has 0 radical (unpaired) electrons. The first-order chi connectivity index (χ1) is 15.8. The van der Waals surface area contributed by atoms with E-state index in [2.05, 4.69) is 47.6 Å². The fourth-order valence-electron chi connectivity index (χ4n) is 3.86. The van der Waals surface area contributed by atoms with Crippen LogP contribution < -0.4 is 0 Å². The van der Waals surface area contributed by atoms with Crippen LogP contribution in [0.3, 0.4) is 0 Å². The molecule has 0 unspecified atom stereocenters. The lowest BCUT2D eigenvalue weighted by atomic mass is 9.79. The summed E-state index contributed by atoms with van der Waals surface area (Å²) < 4.78 is 6.99. The summed E-state index contributed by atoms with van der Waals surface area (Å²) >= 11 is 0. The van der Waals surface area contributed by atoms with Crippen molar-refractivity contribution >= 4 is 12.2 Å². The van der Waals surface area contributed by atoms with Crippen molar-refractivity contribution in [2.45, 2.75) is 66.2 Å². The number of hydrogen-bond donors (Lipinski definition) is 1. The average Bonchev–Trinajstić information content (AvgIpc) is 3.08. The molecule has 0 saturated heterocycles. The maximum absolute atomic E-state index is 12.6. The zero-order valence-corrected chi connectivity index (χ0v) is 21.6. The number of carbonyl (C=O) groups is 1. The van der Waals surface area contributed by atoms with E-state index in [1.54, 1.807) is 17.8 Å². The molecule has 1 heterocycles. The van der Waals surface area contributed by atoms with E-state index in [1.807, 2.05) is 49.4 Å². The molecule has 1 N–H and O–H groups in total. The van der Waals surface area contributed by atoms with Crippen LogP contribution in [-0.4, -0.2) is 28.6 Å². The van der Waals surface area contributed by atoms with Gasteiger partial charge in [0.25, 0.3) is 0 Å². The maximum atomic E-state index is 12.6. The van der Waals surface area contributed by atoms with Gasteiger partial charge in [-0.2, -0.15) is 5.10 Å². The average molecular weight is 461 g/mol. The third-order valence-corrected chi connectivity index (χ3v) is 5.91. The molecule has 0 saturated carbocycles. The number of rotatable bonds is 5. The minimum atomic E-state index is -0.376. The number of carbonyl (C=O) groups excluding carboxylic acids is 1. The summed E-state index contributed by atoms with van der Waals surface area (Å²) in [7, 11) is 0. The van der Waals surface area contributed by atoms with Gasteiger partial charge in [0.2, 0.25) is 0 Å². The second kappa shape index (κ2) is 9.49. The second-order valence-corrected chi connectivity index (χ2v) is 10.6. The molecule has 180 valence electrons. The van der Waals surface area contributed by atoms with Crippen molar-refractivity contribution in [1.82, 2.24) is 4.68 Å². The van der Waals surface area contributed by atoms with Crippen molar-refractivity contribution in [3.8, 4) is 17.0 Å². The Bertz CT molecular complexity index is 1210. The number of ether oxygens (including phenoxy) is 1. The lowest BCUT2D eigenvalue weighted by Crippen LogP contribution is -2.17. The molecule has 5 heteroatoms. The highest BCUT2D eigenvalue weighted by molar-refractivity contribution is 5.93. The molecule has 0 aliphatic heterocycles. The topological polar surface area (TPSA) is 63.8 Å². The Morgan fingerprint density at radius 2 is 1.68 bits per heavy atom. The summed E-state index contributed by atoms with van der Waals surface area (Å²) in [4.78, 5) is 12.6. The summed E-state index contributed by atoms with van der Waals surface area (Å²) in [5.41, 5.74) is 5.17. The van der Waals surface area contributed by atoms with Gasteiger partial charge in [-0.1, -0.05) is 77.9 Å². The Labute approximate surface area is 203 Å². The van der Waals surface area contributed by atoms with Crippen LogP contribution in [0.25, 0.3) is 11.3 Å². The number of benzene rings is 2. The summed E-state index contributed by atoms with van der Waals surface area (Å²) in [5, 5.41) is 15.9.